The Morgan fingerprint density at radius 3 is 2.43 bits per heavy atom. The van der Waals surface area contributed by atoms with Crippen molar-refractivity contribution < 1.29 is 8.42 Å². The molecule has 2 atom stereocenters. The second-order valence-corrected chi connectivity index (χ2v) is 6.68. The van der Waals surface area contributed by atoms with Crippen LogP contribution in [0.3, 0.4) is 0 Å². The van der Waals surface area contributed by atoms with Gasteiger partial charge in [0.05, 0.1) is 0 Å². The third-order valence-electron chi connectivity index (χ3n) is 3.11. The zero-order valence-corrected chi connectivity index (χ0v) is 10.3. The largest absolute Gasteiger partial charge is 0.228 e. The van der Waals surface area contributed by atoms with Gasteiger partial charge in [-0.05, 0) is 18.8 Å². The molecule has 84 valence electrons. The highest BCUT2D eigenvalue weighted by atomic mass is 35.5. The minimum absolute atomic E-state index is 0.146. The lowest BCUT2D eigenvalue weighted by atomic mass is 9.86. The summed E-state index contributed by atoms with van der Waals surface area (Å²) in [6.45, 7) is 2.12. The van der Waals surface area contributed by atoms with Gasteiger partial charge in [0.1, 0.15) is 5.21 Å². The highest BCUT2D eigenvalue weighted by Crippen LogP contribution is 2.28. The minimum Gasteiger partial charge on any atom is -0.211 e. The van der Waals surface area contributed by atoms with Crippen molar-refractivity contribution in [3.8, 4) is 0 Å². The number of alkyl halides is 1. The molecule has 3 nitrogen and oxygen atoms in total. The monoisotopic (exact) mass is 239 g/mol. The van der Waals surface area contributed by atoms with Crippen LogP contribution in [0, 0.1) is 5.92 Å². The van der Waals surface area contributed by atoms with Gasteiger partial charge in [-0.2, -0.15) is 0 Å². The Kier molecular flexibility index (Phi) is 4.22. The summed E-state index contributed by atoms with van der Waals surface area (Å²) in [7, 11) is -1.59. The van der Waals surface area contributed by atoms with Crippen LogP contribution in [0.1, 0.15) is 32.6 Å². The zero-order chi connectivity index (χ0) is 10.8. The van der Waals surface area contributed by atoms with Crippen molar-refractivity contribution in [2.75, 3.05) is 12.3 Å². The molecular formula is C9H18ClNO2S. The molecule has 5 heteroatoms. The molecule has 1 rings (SSSR count). The summed E-state index contributed by atoms with van der Waals surface area (Å²) in [4.78, 5) is 0. The van der Waals surface area contributed by atoms with E-state index in [1.807, 2.05) is 0 Å². The van der Waals surface area contributed by atoms with E-state index in [0.717, 1.165) is 19.3 Å². The highest BCUT2D eigenvalue weighted by molar-refractivity contribution is 7.90. The topological polar surface area (TPSA) is 37.4 Å². The van der Waals surface area contributed by atoms with Gasteiger partial charge in [-0.15, -0.1) is 11.6 Å². The molecule has 1 fully saturated rings. The van der Waals surface area contributed by atoms with Crippen LogP contribution in [0.4, 0.5) is 0 Å². The van der Waals surface area contributed by atoms with Gasteiger partial charge in [-0.25, -0.2) is 12.7 Å². The number of hydrogen-bond acceptors (Lipinski definition) is 2. The van der Waals surface area contributed by atoms with E-state index in [1.54, 1.807) is 7.05 Å². The summed E-state index contributed by atoms with van der Waals surface area (Å²) in [5.74, 6) is 0.451. The number of halogens is 1. The van der Waals surface area contributed by atoms with Gasteiger partial charge in [0.2, 0.25) is 10.0 Å². The van der Waals surface area contributed by atoms with Crippen molar-refractivity contribution in [1.29, 1.82) is 0 Å². The molecule has 0 aromatic carbocycles. The third kappa shape index (κ3) is 2.61. The third-order valence-corrected chi connectivity index (χ3v) is 5.36. The van der Waals surface area contributed by atoms with Crippen LogP contribution >= 0.6 is 11.6 Å². The van der Waals surface area contributed by atoms with Crippen LogP contribution < -0.4 is 0 Å². The molecule has 1 aliphatic rings. The van der Waals surface area contributed by atoms with E-state index < -0.39 is 10.0 Å². The number of rotatable bonds is 3. The molecule has 0 radical (unpaired) electrons. The van der Waals surface area contributed by atoms with Crippen molar-refractivity contribution in [2.24, 2.45) is 5.92 Å². The Balaban J connectivity index is 2.72. The van der Waals surface area contributed by atoms with E-state index in [9.17, 15) is 8.42 Å². The van der Waals surface area contributed by atoms with Crippen LogP contribution in [-0.4, -0.2) is 31.0 Å². The molecule has 0 saturated heterocycles. The fraction of sp³-hybridized carbons (Fsp3) is 1.00. The molecule has 0 aromatic rings. The summed E-state index contributed by atoms with van der Waals surface area (Å²) in [5.41, 5.74) is 0. The van der Waals surface area contributed by atoms with Crippen LogP contribution in [0.15, 0.2) is 0 Å². The van der Waals surface area contributed by atoms with Crippen LogP contribution in [-0.2, 0) is 10.0 Å². The normalized spacial score (nSPS) is 29.4. The second kappa shape index (κ2) is 4.81. The maximum absolute atomic E-state index is 11.5. The van der Waals surface area contributed by atoms with Gasteiger partial charge in [0, 0.05) is 13.1 Å². The van der Waals surface area contributed by atoms with Crippen molar-refractivity contribution >= 4 is 21.6 Å². The SMILES string of the molecule is CC1CCCCC1N(C)S(=O)(=O)CCl. The standard InChI is InChI=1S/C9H18ClNO2S/c1-8-5-3-4-6-9(8)11(2)14(12,13)7-10/h8-9H,3-7H2,1-2H3. The van der Waals surface area contributed by atoms with Crippen LogP contribution in [0.5, 0.6) is 0 Å². The highest BCUT2D eigenvalue weighted by Gasteiger charge is 2.31. The maximum atomic E-state index is 11.5. The van der Waals surface area contributed by atoms with Crippen LogP contribution in [0.25, 0.3) is 0 Å². The molecule has 0 heterocycles. The van der Waals surface area contributed by atoms with E-state index in [2.05, 4.69) is 6.92 Å². The lowest BCUT2D eigenvalue weighted by Crippen LogP contribution is -2.42. The van der Waals surface area contributed by atoms with E-state index in [-0.39, 0.29) is 11.3 Å². The molecular weight excluding hydrogens is 222 g/mol. The molecule has 14 heavy (non-hydrogen) atoms. The molecule has 0 aliphatic heterocycles. The lowest BCUT2D eigenvalue weighted by molar-refractivity contribution is 0.214. The average molecular weight is 240 g/mol. The molecule has 1 aliphatic carbocycles. The van der Waals surface area contributed by atoms with Crippen molar-refractivity contribution in [3.05, 3.63) is 0 Å². The second-order valence-electron chi connectivity index (χ2n) is 4.07. The number of sulfonamides is 1. The minimum atomic E-state index is -3.23. The van der Waals surface area contributed by atoms with Gasteiger partial charge >= 0.3 is 0 Å². The van der Waals surface area contributed by atoms with E-state index in [4.69, 9.17) is 11.6 Å². The summed E-state index contributed by atoms with van der Waals surface area (Å²) in [5, 5.41) is -0.313. The van der Waals surface area contributed by atoms with Crippen molar-refractivity contribution in [3.63, 3.8) is 0 Å². The van der Waals surface area contributed by atoms with Gasteiger partial charge < -0.3 is 0 Å². The van der Waals surface area contributed by atoms with Crippen LogP contribution in [0.2, 0.25) is 0 Å². The summed E-state index contributed by atoms with van der Waals surface area (Å²) >= 11 is 5.43. The van der Waals surface area contributed by atoms with E-state index >= 15 is 0 Å². The predicted octanol–water partition coefficient (Wildman–Crippen LogP) is 2.02. The van der Waals surface area contributed by atoms with Gasteiger partial charge in [0.25, 0.3) is 0 Å². The lowest BCUT2D eigenvalue weighted by Gasteiger charge is -2.34. The van der Waals surface area contributed by atoms with Gasteiger partial charge in [-0.1, -0.05) is 19.8 Å². The number of nitrogens with zero attached hydrogens (tertiary/aromatic N) is 1. The molecule has 0 aromatic heterocycles. The van der Waals surface area contributed by atoms with E-state index in [0.29, 0.717) is 5.92 Å². The first-order valence-electron chi connectivity index (χ1n) is 5.00. The fourth-order valence-corrected chi connectivity index (χ4v) is 3.46. The quantitative estimate of drug-likeness (QED) is 0.707. The molecule has 1 saturated carbocycles. The molecule has 2 unspecified atom stereocenters. The van der Waals surface area contributed by atoms with Gasteiger partial charge in [0.15, 0.2) is 0 Å². The van der Waals surface area contributed by atoms with Gasteiger partial charge in [-0.3, -0.25) is 0 Å². The Morgan fingerprint density at radius 2 is 1.93 bits per heavy atom. The Hall–Kier alpha value is 0.200. The smallest absolute Gasteiger partial charge is 0.211 e. The number of hydrogen-bond donors (Lipinski definition) is 0. The van der Waals surface area contributed by atoms with Crippen molar-refractivity contribution in [1.82, 2.24) is 4.31 Å². The molecule has 0 N–H and O–H groups in total. The summed E-state index contributed by atoms with van der Waals surface area (Å²) in [6, 6.07) is 0.146. The zero-order valence-electron chi connectivity index (χ0n) is 8.74. The summed E-state index contributed by atoms with van der Waals surface area (Å²) in [6.07, 6.45) is 4.42. The van der Waals surface area contributed by atoms with Crippen molar-refractivity contribution in [2.45, 2.75) is 38.6 Å². The first kappa shape index (κ1) is 12.3. The first-order chi connectivity index (χ1) is 6.49. The Morgan fingerprint density at radius 1 is 1.36 bits per heavy atom. The Labute approximate surface area is 91.5 Å². The molecule has 0 amide bonds. The Bertz CT molecular complexity index is 279. The predicted molar refractivity (Wildman–Crippen MR) is 58.8 cm³/mol. The molecule has 0 bridgehead atoms. The average Bonchev–Trinajstić information content (AvgIpc) is 2.17. The maximum Gasteiger partial charge on any atom is 0.228 e. The first-order valence-corrected chi connectivity index (χ1v) is 7.15. The molecule has 0 spiro atoms. The summed E-state index contributed by atoms with van der Waals surface area (Å²) < 4.78 is 24.5. The van der Waals surface area contributed by atoms with E-state index in [1.165, 1.54) is 10.7 Å². The fourth-order valence-electron chi connectivity index (χ4n) is 2.12.